The molecule has 0 bridgehead atoms. The number of carbonyl (C=O) groups is 1. The van der Waals surface area contributed by atoms with Crippen LogP contribution in [-0.4, -0.2) is 25.4 Å². The number of nitrogens with one attached hydrogen (secondary N) is 1. The number of amides is 1. The maximum atomic E-state index is 12.4. The Kier molecular flexibility index (Phi) is 5.67. The molecule has 1 aromatic carbocycles. The molecule has 5 rings (SSSR count). The molecule has 3 aromatic heterocycles. The summed E-state index contributed by atoms with van der Waals surface area (Å²) in [6, 6.07) is 13.9. The number of carbonyl (C=O) groups excluding carboxylic acids is 1. The second-order valence-corrected chi connectivity index (χ2v) is 8.48. The number of allylic oxidation sites excluding steroid dienone is 3. The minimum absolute atomic E-state index is 0.0367. The van der Waals surface area contributed by atoms with Gasteiger partial charge in [0, 0.05) is 24.1 Å². The summed E-state index contributed by atoms with van der Waals surface area (Å²) >= 11 is 0. The Hall–Kier alpha value is -4.26. The number of aryl methyl sites for hydroxylation is 2. The zero-order valence-corrected chi connectivity index (χ0v) is 19.2. The van der Waals surface area contributed by atoms with E-state index in [-0.39, 0.29) is 11.8 Å². The molecule has 7 heteroatoms. The van der Waals surface area contributed by atoms with Crippen LogP contribution < -0.4 is 11.1 Å². The standard InChI is InChI=1S/C27H26N6O/c1-17-15-23-26(31-18(17)2)33(25(32-23)22-9-6-14-29-24(22)28)21-12-10-19(11-13-21)16-30-27(34)20-7-4-3-5-8-20/h3-7,9-15,20H,8,16H2,1-2H3,(H2,28,29)(H,30,34). The van der Waals surface area contributed by atoms with Crippen LogP contribution in [0.1, 0.15) is 23.2 Å². The number of pyridine rings is 2. The van der Waals surface area contributed by atoms with Gasteiger partial charge in [-0.05, 0) is 61.7 Å². The molecule has 3 heterocycles. The van der Waals surface area contributed by atoms with Crippen LogP contribution >= 0.6 is 0 Å². The normalized spacial score (nSPS) is 15.1. The molecule has 170 valence electrons. The molecule has 0 fully saturated rings. The Bertz CT molecular complexity index is 1430. The number of benzene rings is 1. The number of nitrogens with two attached hydrogens (primary N) is 1. The first-order chi connectivity index (χ1) is 16.5. The van der Waals surface area contributed by atoms with Crippen molar-refractivity contribution in [1.29, 1.82) is 0 Å². The number of aromatic nitrogens is 4. The number of imidazole rings is 1. The summed E-state index contributed by atoms with van der Waals surface area (Å²) < 4.78 is 2.01. The number of hydrogen-bond acceptors (Lipinski definition) is 5. The largest absolute Gasteiger partial charge is 0.383 e. The van der Waals surface area contributed by atoms with E-state index in [0.717, 1.165) is 45.7 Å². The number of anilines is 1. The first-order valence-corrected chi connectivity index (χ1v) is 11.3. The molecule has 1 atom stereocenters. The van der Waals surface area contributed by atoms with Crippen molar-refractivity contribution in [3.63, 3.8) is 0 Å². The summed E-state index contributed by atoms with van der Waals surface area (Å²) in [6.07, 6.45) is 10.2. The molecule has 0 saturated heterocycles. The molecule has 0 radical (unpaired) electrons. The van der Waals surface area contributed by atoms with E-state index in [1.165, 1.54) is 0 Å². The third kappa shape index (κ3) is 4.08. The lowest BCUT2D eigenvalue weighted by Gasteiger charge is -2.14. The number of nitrogens with zero attached hydrogens (tertiary/aromatic N) is 4. The van der Waals surface area contributed by atoms with E-state index in [9.17, 15) is 4.79 Å². The SMILES string of the molecule is Cc1cc2nc(-c3cccnc3N)n(-c3ccc(CNC(=O)C4C=CC=CC4)cc3)c2nc1C. The number of nitrogen functional groups attached to an aromatic ring is 1. The predicted octanol–water partition coefficient (Wildman–Crippen LogP) is 4.43. The minimum atomic E-state index is -0.105. The first-order valence-electron chi connectivity index (χ1n) is 11.3. The second-order valence-electron chi connectivity index (χ2n) is 8.48. The molecule has 34 heavy (non-hydrogen) atoms. The lowest BCUT2D eigenvalue weighted by molar-refractivity contribution is -0.123. The van der Waals surface area contributed by atoms with Crippen LogP contribution in [0.25, 0.3) is 28.2 Å². The van der Waals surface area contributed by atoms with Gasteiger partial charge in [-0.25, -0.2) is 15.0 Å². The zero-order chi connectivity index (χ0) is 23.7. The van der Waals surface area contributed by atoms with Crippen molar-refractivity contribution in [3.8, 4) is 17.1 Å². The Morgan fingerprint density at radius 3 is 2.71 bits per heavy atom. The minimum Gasteiger partial charge on any atom is -0.383 e. The average molecular weight is 451 g/mol. The fourth-order valence-electron chi connectivity index (χ4n) is 4.08. The maximum absolute atomic E-state index is 12.4. The van der Waals surface area contributed by atoms with Gasteiger partial charge in [0.1, 0.15) is 11.3 Å². The molecule has 3 N–H and O–H groups in total. The highest BCUT2D eigenvalue weighted by Gasteiger charge is 2.19. The molecular weight excluding hydrogens is 424 g/mol. The second kappa shape index (κ2) is 8.94. The number of hydrogen-bond donors (Lipinski definition) is 2. The highest BCUT2D eigenvalue weighted by atomic mass is 16.1. The Morgan fingerprint density at radius 1 is 1.15 bits per heavy atom. The molecule has 1 aliphatic carbocycles. The van der Waals surface area contributed by atoms with Crippen molar-refractivity contribution in [2.45, 2.75) is 26.8 Å². The predicted molar refractivity (Wildman–Crippen MR) is 134 cm³/mol. The van der Waals surface area contributed by atoms with Crippen LogP contribution in [0.15, 0.2) is 73.0 Å². The van der Waals surface area contributed by atoms with Crippen LogP contribution in [-0.2, 0) is 11.3 Å². The summed E-state index contributed by atoms with van der Waals surface area (Å²) in [7, 11) is 0. The fourth-order valence-corrected chi connectivity index (χ4v) is 4.08. The lowest BCUT2D eigenvalue weighted by atomic mass is 10.00. The van der Waals surface area contributed by atoms with Crippen LogP contribution in [0.5, 0.6) is 0 Å². The van der Waals surface area contributed by atoms with E-state index in [4.69, 9.17) is 15.7 Å². The van der Waals surface area contributed by atoms with E-state index in [0.29, 0.717) is 18.2 Å². The van der Waals surface area contributed by atoms with E-state index in [1.54, 1.807) is 6.20 Å². The Balaban J connectivity index is 1.48. The monoisotopic (exact) mass is 450 g/mol. The van der Waals surface area contributed by atoms with Crippen molar-refractivity contribution in [2.24, 2.45) is 5.92 Å². The molecular formula is C27H26N6O. The van der Waals surface area contributed by atoms with E-state index in [2.05, 4.69) is 10.3 Å². The van der Waals surface area contributed by atoms with Gasteiger partial charge in [-0.15, -0.1) is 0 Å². The molecule has 0 aliphatic heterocycles. The van der Waals surface area contributed by atoms with Crippen molar-refractivity contribution >= 4 is 22.9 Å². The highest BCUT2D eigenvalue weighted by molar-refractivity contribution is 5.83. The van der Waals surface area contributed by atoms with Gasteiger partial charge in [-0.2, -0.15) is 0 Å². The first kappa shape index (κ1) is 21.6. The van der Waals surface area contributed by atoms with Crippen molar-refractivity contribution in [2.75, 3.05) is 5.73 Å². The van der Waals surface area contributed by atoms with Gasteiger partial charge in [0.15, 0.2) is 11.5 Å². The summed E-state index contributed by atoms with van der Waals surface area (Å²) in [5.74, 6) is 1.04. The molecule has 0 saturated carbocycles. The van der Waals surface area contributed by atoms with Gasteiger partial charge in [-0.3, -0.25) is 9.36 Å². The molecule has 1 aliphatic rings. The van der Waals surface area contributed by atoms with Gasteiger partial charge >= 0.3 is 0 Å². The Morgan fingerprint density at radius 2 is 1.97 bits per heavy atom. The summed E-state index contributed by atoms with van der Waals surface area (Å²) in [5.41, 5.74) is 12.5. The Labute approximate surface area is 198 Å². The molecule has 0 spiro atoms. The third-order valence-corrected chi connectivity index (χ3v) is 6.13. The van der Waals surface area contributed by atoms with Gasteiger partial charge in [0.2, 0.25) is 5.91 Å². The van der Waals surface area contributed by atoms with Crippen molar-refractivity contribution in [1.82, 2.24) is 24.8 Å². The van der Waals surface area contributed by atoms with Crippen molar-refractivity contribution < 1.29 is 4.79 Å². The summed E-state index contributed by atoms with van der Waals surface area (Å²) in [4.78, 5) is 26.4. The highest BCUT2D eigenvalue weighted by Crippen LogP contribution is 2.31. The maximum Gasteiger partial charge on any atom is 0.227 e. The summed E-state index contributed by atoms with van der Waals surface area (Å²) in [5, 5.41) is 3.03. The average Bonchev–Trinajstić information content (AvgIpc) is 3.21. The van der Waals surface area contributed by atoms with Crippen LogP contribution in [0.3, 0.4) is 0 Å². The number of fused-ring (bicyclic) bond motifs is 1. The molecule has 1 amide bonds. The van der Waals surface area contributed by atoms with Crippen LogP contribution in [0, 0.1) is 19.8 Å². The fraction of sp³-hybridized carbons (Fsp3) is 0.185. The molecule has 7 nitrogen and oxygen atoms in total. The summed E-state index contributed by atoms with van der Waals surface area (Å²) in [6.45, 7) is 4.49. The lowest BCUT2D eigenvalue weighted by Crippen LogP contribution is -2.29. The van der Waals surface area contributed by atoms with E-state index < -0.39 is 0 Å². The van der Waals surface area contributed by atoms with Gasteiger partial charge in [0.05, 0.1) is 11.5 Å². The topological polar surface area (TPSA) is 98.7 Å². The van der Waals surface area contributed by atoms with Crippen LogP contribution in [0.2, 0.25) is 0 Å². The van der Waals surface area contributed by atoms with Gasteiger partial charge in [0.25, 0.3) is 0 Å². The van der Waals surface area contributed by atoms with Gasteiger partial charge in [-0.1, -0.05) is 36.4 Å². The quantitative estimate of drug-likeness (QED) is 0.469. The third-order valence-electron chi connectivity index (χ3n) is 6.13. The smallest absolute Gasteiger partial charge is 0.227 e. The van der Waals surface area contributed by atoms with Gasteiger partial charge < -0.3 is 11.1 Å². The molecule has 1 unspecified atom stereocenters. The zero-order valence-electron chi connectivity index (χ0n) is 19.2. The molecule has 4 aromatic rings. The van der Waals surface area contributed by atoms with E-state index in [1.807, 2.05) is 85.2 Å². The van der Waals surface area contributed by atoms with E-state index >= 15 is 0 Å². The number of rotatable bonds is 5. The van der Waals surface area contributed by atoms with Crippen molar-refractivity contribution in [3.05, 3.63) is 89.8 Å². The van der Waals surface area contributed by atoms with Crippen LogP contribution in [0.4, 0.5) is 5.82 Å².